The average molecular weight is 308 g/mol. The maximum absolute atomic E-state index is 10.9. The Morgan fingerprint density at radius 3 is 2.41 bits per heavy atom. The SMILES string of the molecule is O=C(O)CCC1CC(NC2CCCCC2)CN(C2CCC2)C1. The molecule has 0 aromatic carbocycles. The van der Waals surface area contributed by atoms with Crippen molar-refractivity contribution in [2.45, 2.75) is 88.8 Å². The van der Waals surface area contributed by atoms with Crippen LogP contribution in [0.1, 0.15) is 70.6 Å². The third-order valence-corrected chi connectivity index (χ3v) is 6.00. The molecule has 2 aliphatic carbocycles. The van der Waals surface area contributed by atoms with Gasteiger partial charge in [-0.05, 0) is 44.4 Å². The summed E-state index contributed by atoms with van der Waals surface area (Å²) in [5, 5.41) is 12.9. The van der Waals surface area contributed by atoms with Crippen LogP contribution in [0.15, 0.2) is 0 Å². The highest BCUT2D eigenvalue weighted by molar-refractivity contribution is 5.66. The second-order valence-corrected chi connectivity index (χ2v) is 7.77. The first kappa shape index (κ1) is 16.3. The van der Waals surface area contributed by atoms with Gasteiger partial charge in [0.05, 0.1) is 0 Å². The first-order valence-electron chi connectivity index (χ1n) is 9.42. The van der Waals surface area contributed by atoms with Crippen LogP contribution in [0, 0.1) is 5.92 Å². The van der Waals surface area contributed by atoms with Crippen LogP contribution >= 0.6 is 0 Å². The van der Waals surface area contributed by atoms with E-state index in [2.05, 4.69) is 10.2 Å². The Morgan fingerprint density at radius 2 is 1.77 bits per heavy atom. The van der Waals surface area contributed by atoms with E-state index in [1.807, 2.05) is 0 Å². The van der Waals surface area contributed by atoms with Crippen LogP contribution in [0.3, 0.4) is 0 Å². The highest BCUT2D eigenvalue weighted by Crippen LogP contribution is 2.31. The Hall–Kier alpha value is -0.610. The smallest absolute Gasteiger partial charge is 0.303 e. The molecule has 0 amide bonds. The molecule has 22 heavy (non-hydrogen) atoms. The van der Waals surface area contributed by atoms with E-state index in [0.29, 0.717) is 24.4 Å². The van der Waals surface area contributed by atoms with Crippen molar-refractivity contribution in [1.29, 1.82) is 0 Å². The van der Waals surface area contributed by atoms with Crippen LogP contribution in [0.4, 0.5) is 0 Å². The van der Waals surface area contributed by atoms with Gasteiger partial charge in [0.1, 0.15) is 0 Å². The Balaban J connectivity index is 1.54. The number of nitrogens with one attached hydrogen (secondary N) is 1. The summed E-state index contributed by atoms with van der Waals surface area (Å²) < 4.78 is 0. The van der Waals surface area contributed by atoms with E-state index in [9.17, 15) is 4.79 Å². The number of carboxylic acids is 1. The van der Waals surface area contributed by atoms with Gasteiger partial charge in [0.25, 0.3) is 0 Å². The van der Waals surface area contributed by atoms with Crippen molar-refractivity contribution in [2.75, 3.05) is 13.1 Å². The van der Waals surface area contributed by atoms with Crippen molar-refractivity contribution in [3.63, 3.8) is 0 Å². The maximum Gasteiger partial charge on any atom is 0.303 e. The lowest BCUT2D eigenvalue weighted by atomic mass is 9.84. The molecule has 3 rings (SSSR count). The maximum atomic E-state index is 10.9. The number of nitrogens with zero attached hydrogens (tertiary/aromatic N) is 1. The number of aliphatic carboxylic acids is 1. The van der Waals surface area contributed by atoms with Gasteiger partial charge in [-0.25, -0.2) is 0 Å². The predicted octanol–water partition coefficient (Wildman–Crippen LogP) is 3.02. The van der Waals surface area contributed by atoms with Crippen molar-refractivity contribution in [3.8, 4) is 0 Å². The normalized spacial score (nSPS) is 31.8. The number of hydrogen-bond acceptors (Lipinski definition) is 3. The molecule has 0 radical (unpaired) electrons. The van der Waals surface area contributed by atoms with Gasteiger partial charge in [-0.15, -0.1) is 0 Å². The Labute approximate surface area is 134 Å². The summed E-state index contributed by atoms with van der Waals surface area (Å²) in [6, 6.07) is 2.07. The van der Waals surface area contributed by atoms with Gasteiger partial charge in [0.15, 0.2) is 0 Å². The largest absolute Gasteiger partial charge is 0.481 e. The van der Waals surface area contributed by atoms with Crippen LogP contribution in [0.2, 0.25) is 0 Å². The van der Waals surface area contributed by atoms with E-state index in [1.54, 1.807) is 0 Å². The zero-order valence-corrected chi connectivity index (χ0v) is 13.8. The van der Waals surface area contributed by atoms with Crippen molar-refractivity contribution >= 4 is 5.97 Å². The minimum Gasteiger partial charge on any atom is -0.481 e. The molecular weight excluding hydrogens is 276 g/mol. The van der Waals surface area contributed by atoms with Crippen molar-refractivity contribution in [3.05, 3.63) is 0 Å². The fourth-order valence-corrected chi connectivity index (χ4v) is 4.55. The van der Waals surface area contributed by atoms with E-state index in [1.165, 1.54) is 64.3 Å². The molecule has 2 saturated carbocycles. The number of hydrogen-bond donors (Lipinski definition) is 2. The summed E-state index contributed by atoms with van der Waals surface area (Å²) in [5.41, 5.74) is 0. The summed E-state index contributed by atoms with van der Waals surface area (Å²) in [5.74, 6) is -0.0795. The minimum atomic E-state index is -0.641. The van der Waals surface area contributed by atoms with Gasteiger partial charge in [-0.3, -0.25) is 9.69 Å². The molecule has 4 heteroatoms. The molecule has 3 fully saturated rings. The van der Waals surface area contributed by atoms with Gasteiger partial charge in [-0.2, -0.15) is 0 Å². The molecule has 1 aliphatic heterocycles. The molecule has 0 aromatic rings. The minimum absolute atomic E-state index is 0.333. The van der Waals surface area contributed by atoms with E-state index in [0.717, 1.165) is 19.0 Å². The molecule has 0 spiro atoms. The van der Waals surface area contributed by atoms with Crippen LogP contribution in [0.5, 0.6) is 0 Å². The van der Waals surface area contributed by atoms with Gasteiger partial charge in [0, 0.05) is 37.6 Å². The zero-order chi connectivity index (χ0) is 15.4. The third kappa shape index (κ3) is 4.45. The van der Waals surface area contributed by atoms with E-state index in [4.69, 9.17) is 5.11 Å². The monoisotopic (exact) mass is 308 g/mol. The van der Waals surface area contributed by atoms with Crippen LogP contribution in [-0.4, -0.2) is 47.2 Å². The fourth-order valence-electron chi connectivity index (χ4n) is 4.55. The number of rotatable bonds is 6. The summed E-state index contributed by atoms with van der Waals surface area (Å²) in [6.07, 6.45) is 13.2. The number of likely N-dealkylation sites (tertiary alicyclic amines) is 1. The fraction of sp³-hybridized carbons (Fsp3) is 0.944. The Kier molecular flexibility index (Phi) is 5.75. The molecule has 2 atom stereocenters. The lowest BCUT2D eigenvalue weighted by molar-refractivity contribution is -0.137. The number of piperidine rings is 1. The van der Waals surface area contributed by atoms with Gasteiger partial charge in [-0.1, -0.05) is 25.7 Å². The van der Waals surface area contributed by atoms with E-state index >= 15 is 0 Å². The summed E-state index contributed by atoms with van der Waals surface area (Å²) >= 11 is 0. The molecule has 2 N–H and O–H groups in total. The third-order valence-electron chi connectivity index (χ3n) is 6.00. The molecule has 0 bridgehead atoms. The van der Waals surface area contributed by atoms with Crippen LogP contribution < -0.4 is 5.32 Å². The van der Waals surface area contributed by atoms with Crippen molar-refractivity contribution in [1.82, 2.24) is 10.2 Å². The van der Waals surface area contributed by atoms with Gasteiger partial charge >= 0.3 is 5.97 Å². The van der Waals surface area contributed by atoms with Crippen molar-refractivity contribution in [2.24, 2.45) is 5.92 Å². The molecule has 0 aromatic heterocycles. The lowest BCUT2D eigenvalue weighted by Gasteiger charge is -2.46. The molecule has 4 nitrogen and oxygen atoms in total. The van der Waals surface area contributed by atoms with Gasteiger partial charge in [0.2, 0.25) is 0 Å². The quantitative estimate of drug-likeness (QED) is 0.792. The van der Waals surface area contributed by atoms with Crippen LogP contribution in [-0.2, 0) is 4.79 Å². The van der Waals surface area contributed by atoms with Crippen LogP contribution in [0.25, 0.3) is 0 Å². The summed E-state index contributed by atoms with van der Waals surface area (Å²) in [6.45, 7) is 2.31. The molecular formula is C18H32N2O2. The predicted molar refractivity (Wildman–Crippen MR) is 88.0 cm³/mol. The first-order chi connectivity index (χ1) is 10.7. The van der Waals surface area contributed by atoms with E-state index < -0.39 is 5.97 Å². The Morgan fingerprint density at radius 1 is 1.00 bits per heavy atom. The molecule has 2 unspecified atom stereocenters. The molecule has 1 heterocycles. The first-order valence-corrected chi connectivity index (χ1v) is 9.42. The average Bonchev–Trinajstić information content (AvgIpc) is 2.44. The highest BCUT2D eigenvalue weighted by Gasteiger charge is 2.34. The lowest BCUT2D eigenvalue weighted by Crippen LogP contribution is -2.56. The zero-order valence-electron chi connectivity index (χ0n) is 13.8. The number of carboxylic acid groups (broad SMARTS) is 1. The molecule has 3 aliphatic rings. The van der Waals surface area contributed by atoms with E-state index in [-0.39, 0.29) is 0 Å². The summed E-state index contributed by atoms with van der Waals surface area (Å²) in [4.78, 5) is 13.6. The number of carbonyl (C=O) groups is 1. The Bertz CT molecular complexity index is 362. The summed E-state index contributed by atoms with van der Waals surface area (Å²) in [7, 11) is 0. The van der Waals surface area contributed by atoms with Crippen molar-refractivity contribution < 1.29 is 9.90 Å². The topological polar surface area (TPSA) is 52.6 Å². The molecule has 1 saturated heterocycles. The highest BCUT2D eigenvalue weighted by atomic mass is 16.4. The molecule has 126 valence electrons. The second kappa shape index (κ2) is 7.78. The standard InChI is InChI=1S/C18H32N2O2/c21-18(22)10-9-14-11-16(19-15-5-2-1-3-6-15)13-20(12-14)17-7-4-8-17/h14-17,19H,1-13H2,(H,21,22). The second-order valence-electron chi connectivity index (χ2n) is 7.77. The van der Waals surface area contributed by atoms with Gasteiger partial charge < -0.3 is 10.4 Å².